The molecule has 2 aromatic carbocycles. The van der Waals surface area contributed by atoms with Crippen molar-refractivity contribution in [1.82, 2.24) is 9.78 Å². The minimum Gasteiger partial charge on any atom is -0.493 e. The molecule has 0 bridgehead atoms. The third kappa shape index (κ3) is 2.60. The standard InChI is InChI=1S/C20H18N2O4/c1-25-17-9-12-6-7-14-11-22(15-5-3-4-13(8-15)20(23)24)21-19(14)16(12)10-18(17)26-2/h3-5,8-11H,6-7H2,1-2H3,(H,23,24). The molecule has 3 aromatic rings. The van der Waals surface area contributed by atoms with Gasteiger partial charge in [-0.25, -0.2) is 9.48 Å². The van der Waals surface area contributed by atoms with E-state index in [0.29, 0.717) is 11.5 Å². The topological polar surface area (TPSA) is 73.6 Å². The highest BCUT2D eigenvalue weighted by Gasteiger charge is 2.23. The van der Waals surface area contributed by atoms with Crippen LogP contribution in [0.5, 0.6) is 11.5 Å². The molecule has 0 aliphatic heterocycles. The van der Waals surface area contributed by atoms with Crippen molar-refractivity contribution in [2.24, 2.45) is 0 Å². The number of carboxylic acids is 1. The van der Waals surface area contributed by atoms with Crippen molar-refractivity contribution in [1.29, 1.82) is 0 Å². The van der Waals surface area contributed by atoms with E-state index in [0.717, 1.165) is 35.3 Å². The van der Waals surface area contributed by atoms with E-state index in [2.05, 4.69) is 0 Å². The maximum absolute atomic E-state index is 11.2. The van der Waals surface area contributed by atoms with Crippen LogP contribution >= 0.6 is 0 Å². The van der Waals surface area contributed by atoms with Crippen LogP contribution in [0.25, 0.3) is 16.9 Å². The number of methoxy groups -OCH3 is 2. The van der Waals surface area contributed by atoms with Crippen LogP contribution in [0.2, 0.25) is 0 Å². The van der Waals surface area contributed by atoms with Crippen LogP contribution in [0.3, 0.4) is 0 Å². The predicted octanol–water partition coefficient (Wildman–Crippen LogP) is 3.35. The molecular formula is C20H18N2O4. The minimum absolute atomic E-state index is 0.239. The van der Waals surface area contributed by atoms with E-state index in [-0.39, 0.29) is 5.56 Å². The molecule has 1 heterocycles. The molecule has 0 radical (unpaired) electrons. The zero-order valence-corrected chi connectivity index (χ0v) is 14.5. The lowest BCUT2D eigenvalue weighted by molar-refractivity contribution is 0.0697. The first-order chi connectivity index (χ1) is 12.6. The SMILES string of the molecule is COc1cc2c(cc1OC)-c1nn(-c3cccc(C(=O)O)c3)cc1CC2. The molecular weight excluding hydrogens is 332 g/mol. The van der Waals surface area contributed by atoms with Gasteiger partial charge in [0, 0.05) is 11.8 Å². The van der Waals surface area contributed by atoms with Crippen LogP contribution in [0, 0.1) is 0 Å². The maximum atomic E-state index is 11.2. The summed E-state index contributed by atoms with van der Waals surface area (Å²) in [5.41, 5.74) is 5.18. The van der Waals surface area contributed by atoms with E-state index in [9.17, 15) is 9.90 Å². The van der Waals surface area contributed by atoms with Gasteiger partial charge in [-0.15, -0.1) is 0 Å². The third-order valence-corrected chi connectivity index (χ3v) is 4.68. The van der Waals surface area contributed by atoms with Crippen molar-refractivity contribution in [2.75, 3.05) is 14.2 Å². The Kier molecular flexibility index (Phi) is 3.88. The van der Waals surface area contributed by atoms with Gasteiger partial charge in [0.15, 0.2) is 11.5 Å². The molecule has 4 rings (SSSR count). The molecule has 1 aliphatic carbocycles. The first-order valence-electron chi connectivity index (χ1n) is 8.28. The summed E-state index contributed by atoms with van der Waals surface area (Å²) in [5.74, 6) is 0.427. The smallest absolute Gasteiger partial charge is 0.335 e. The van der Waals surface area contributed by atoms with Gasteiger partial charge in [0.1, 0.15) is 0 Å². The van der Waals surface area contributed by atoms with E-state index < -0.39 is 5.97 Å². The number of benzene rings is 2. The Bertz CT molecular complexity index is 1010. The lowest BCUT2D eigenvalue weighted by Crippen LogP contribution is -2.04. The molecule has 6 heteroatoms. The molecule has 132 valence electrons. The molecule has 0 fully saturated rings. The number of carbonyl (C=O) groups is 1. The maximum Gasteiger partial charge on any atom is 0.335 e. The molecule has 0 amide bonds. The number of aromatic nitrogens is 2. The van der Waals surface area contributed by atoms with E-state index in [1.807, 2.05) is 24.4 Å². The molecule has 0 saturated heterocycles. The van der Waals surface area contributed by atoms with Crippen LogP contribution in [0.1, 0.15) is 21.5 Å². The van der Waals surface area contributed by atoms with Crippen molar-refractivity contribution in [2.45, 2.75) is 12.8 Å². The van der Waals surface area contributed by atoms with Gasteiger partial charge < -0.3 is 14.6 Å². The first-order valence-corrected chi connectivity index (χ1v) is 8.28. The summed E-state index contributed by atoms with van der Waals surface area (Å²) in [5, 5.41) is 13.9. The third-order valence-electron chi connectivity index (χ3n) is 4.68. The molecule has 1 N–H and O–H groups in total. The lowest BCUT2D eigenvalue weighted by atomic mass is 9.90. The van der Waals surface area contributed by atoms with Crippen molar-refractivity contribution in [3.05, 3.63) is 59.3 Å². The van der Waals surface area contributed by atoms with Crippen molar-refractivity contribution in [3.8, 4) is 28.4 Å². The van der Waals surface area contributed by atoms with E-state index >= 15 is 0 Å². The van der Waals surface area contributed by atoms with Gasteiger partial charge in [-0.2, -0.15) is 5.10 Å². The fraction of sp³-hybridized carbons (Fsp3) is 0.200. The lowest BCUT2D eigenvalue weighted by Gasteiger charge is -2.18. The molecule has 0 unspecified atom stereocenters. The first kappa shape index (κ1) is 16.2. The number of aryl methyl sites for hydroxylation is 2. The Labute approximate surface area is 150 Å². The minimum atomic E-state index is -0.953. The number of rotatable bonds is 4. The van der Waals surface area contributed by atoms with Crippen LogP contribution in [0.4, 0.5) is 0 Å². The summed E-state index contributed by atoms with van der Waals surface area (Å²) in [6.07, 6.45) is 3.73. The normalized spacial score (nSPS) is 12.2. The van der Waals surface area contributed by atoms with Gasteiger partial charge >= 0.3 is 5.97 Å². The van der Waals surface area contributed by atoms with Gasteiger partial charge in [-0.05, 0) is 54.3 Å². The number of fused-ring (bicyclic) bond motifs is 3. The summed E-state index contributed by atoms with van der Waals surface area (Å²) in [6, 6.07) is 10.7. The summed E-state index contributed by atoms with van der Waals surface area (Å²) >= 11 is 0. The summed E-state index contributed by atoms with van der Waals surface area (Å²) < 4.78 is 12.6. The van der Waals surface area contributed by atoms with E-state index in [1.165, 1.54) is 5.56 Å². The van der Waals surface area contributed by atoms with Gasteiger partial charge in [-0.1, -0.05) is 6.07 Å². The van der Waals surface area contributed by atoms with Crippen molar-refractivity contribution >= 4 is 5.97 Å². The van der Waals surface area contributed by atoms with E-state index in [1.54, 1.807) is 37.1 Å². The van der Waals surface area contributed by atoms with Gasteiger partial charge in [0.2, 0.25) is 0 Å². The van der Waals surface area contributed by atoms with Crippen LogP contribution in [0.15, 0.2) is 42.6 Å². The Hall–Kier alpha value is -3.28. The molecule has 0 saturated carbocycles. The zero-order valence-electron chi connectivity index (χ0n) is 14.5. The highest BCUT2D eigenvalue weighted by Crippen LogP contribution is 2.40. The monoisotopic (exact) mass is 350 g/mol. The highest BCUT2D eigenvalue weighted by atomic mass is 16.5. The average Bonchev–Trinajstić information content (AvgIpc) is 3.11. The molecule has 6 nitrogen and oxygen atoms in total. The Morgan fingerprint density at radius 2 is 1.81 bits per heavy atom. The largest absolute Gasteiger partial charge is 0.493 e. The van der Waals surface area contributed by atoms with Gasteiger partial charge in [-0.3, -0.25) is 0 Å². The second-order valence-corrected chi connectivity index (χ2v) is 6.17. The zero-order chi connectivity index (χ0) is 18.3. The summed E-state index contributed by atoms with van der Waals surface area (Å²) in [6.45, 7) is 0. The number of ether oxygens (including phenoxy) is 2. The number of hydrogen-bond acceptors (Lipinski definition) is 4. The quantitative estimate of drug-likeness (QED) is 0.781. The summed E-state index contributed by atoms with van der Waals surface area (Å²) in [4.78, 5) is 11.2. The number of hydrogen-bond donors (Lipinski definition) is 1. The van der Waals surface area contributed by atoms with Crippen LogP contribution in [-0.2, 0) is 12.8 Å². The highest BCUT2D eigenvalue weighted by molar-refractivity contribution is 5.88. The second kappa shape index (κ2) is 6.22. The van der Waals surface area contributed by atoms with Crippen LogP contribution < -0.4 is 9.47 Å². The Morgan fingerprint density at radius 3 is 2.54 bits per heavy atom. The average molecular weight is 350 g/mol. The van der Waals surface area contributed by atoms with Crippen molar-refractivity contribution < 1.29 is 19.4 Å². The molecule has 1 aromatic heterocycles. The number of aromatic carboxylic acids is 1. The van der Waals surface area contributed by atoms with Crippen LogP contribution in [-0.4, -0.2) is 35.1 Å². The molecule has 26 heavy (non-hydrogen) atoms. The number of carboxylic acid groups (broad SMARTS) is 1. The fourth-order valence-corrected chi connectivity index (χ4v) is 3.35. The Morgan fingerprint density at radius 1 is 1.08 bits per heavy atom. The second-order valence-electron chi connectivity index (χ2n) is 6.17. The molecule has 1 aliphatic rings. The van der Waals surface area contributed by atoms with Gasteiger partial charge in [0.05, 0.1) is 31.2 Å². The summed E-state index contributed by atoms with van der Waals surface area (Å²) in [7, 11) is 3.24. The Balaban J connectivity index is 1.82. The van der Waals surface area contributed by atoms with Gasteiger partial charge in [0.25, 0.3) is 0 Å². The molecule has 0 spiro atoms. The van der Waals surface area contributed by atoms with Crippen molar-refractivity contribution in [3.63, 3.8) is 0 Å². The van der Waals surface area contributed by atoms with E-state index in [4.69, 9.17) is 14.6 Å². The predicted molar refractivity (Wildman–Crippen MR) is 96.5 cm³/mol. The fourth-order valence-electron chi connectivity index (χ4n) is 3.35. The number of nitrogens with zero attached hydrogens (tertiary/aromatic N) is 2. The molecule has 0 atom stereocenters.